The van der Waals surface area contributed by atoms with E-state index >= 15 is 0 Å². The molecule has 1 N–H and O–H groups in total. The van der Waals surface area contributed by atoms with E-state index in [0.29, 0.717) is 12.5 Å². The zero-order valence-electron chi connectivity index (χ0n) is 11.7. The molecule has 0 saturated carbocycles. The Morgan fingerprint density at radius 3 is 2.67 bits per heavy atom. The number of carboxylic acid groups (broad SMARTS) is 1. The normalized spacial score (nSPS) is 11.4. The topological polar surface area (TPSA) is 58.4 Å². The number of aryl methyl sites for hydroxylation is 2. The smallest absolute Gasteiger partial charge is 0.303 e. The number of hydrogen-bond acceptors (Lipinski definition) is 3. The molecule has 1 aromatic heterocycles. The van der Waals surface area contributed by atoms with Crippen LogP contribution in [-0.4, -0.2) is 38.3 Å². The monoisotopic (exact) mass is 253 g/mol. The summed E-state index contributed by atoms with van der Waals surface area (Å²) in [5.74, 6) is -0.726. The molecular weight excluding hydrogens is 230 g/mol. The molecule has 18 heavy (non-hydrogen) atoms. The maximum Gasteiger partial charge on any atom is 0.303 e. The van der Waals surface area contributed by atoms with Crippen LogP contribution in [0.3, 0.4) is 0 Å². The summed E-state index contributed by atoms with van der Waals surface area (Å²) in [7, 11) is 1.92. The summed E-state index contributed by atoms with van der Waals surface area (Å²) >= 11 is 0. The molecule has 5 heteroatoms. The Morgan fingerprint density at radius 2 is 2.22 bits per heavy atom. The lowest BCUT2D eigenvalue weighted by Gasteiger charge is -2.26. The molecule has 0 aliphatic heterocycles. The van der Waals surface area contributed by atoms with Crippen molar-refractivity contribution in [1.29, 1.82) is 0 Å². The molecule has 0 aliphatic carbocycles. The number of carboxylic acids is 1. The minimum Gasteiger partial charge on any atom is -0.481 e. The first-order valence-electron chi connectivity index (χ1n) is 6.35. The SMILES string of the molecule is Cc1nn(C)cc1CN(CCCC(=O)O)C(C)C. The highest BCUT2D eigenvalue weighted by Crippen LogP contribution is 2.12. The summed E-state index contributed by atoms with van der Waals surface area (Å²) in [6.07, 6.45) is 2.95. The summed E-state index contributed by atoms with van der Waals surface area (Å²) < 4.78 is 1.82. The fraction of sp³-hybridized carbons (Fsp3) is 0.692. The first-order valence-corrected chi connectivity index (χ1v) is 6.35. The van der Waals surface area contributed by atoms with Gasteiger partial charge in [0.2, 0.25) is 0 Å². The second kappa shape index (κ2) is 6.54. The van der Waals surface area contributed by atoms with Gasteiger partial charge in [0.25, 0.3) is 0 Å². The highest BCUT2D eigenvalue weighted by Gasteiger charge is 2.13. The lowest BCUT2D eigenvalue weighted by molar-refractivity contribution is -0.137. The quantitative estimate of drug-likeness (QED) is 0.805. The second-order valence-corrected chi connectivity index (χ2v) is 4.97. The molecule has 102 valence electrons. The molecular formula is C13H23N3O2. The van der Waals surface area contributed by atoms with Crippen LogP contribution in [0.5, 0.6) is 0 Å². The fourth-order valence-electron chi connectivity index (χ4n) is 1.98. The highest BCUT2D eigenvalue weighted by atomic mass is 16.4. The van der Waals surface area contributed by atoms with Gasteiger partial charge in [0.1, 0.15) is 0 Å². The maximum atomic E-state index is 10.5. The van der Waals surface area contributed by atoms with Gasteiger partial charge >= 0.3 is 5.97 Å². The molecule has 0 bridgehead atoms. The van der Waals surface area contributed by atoms with Crippen molar-refractivity contribution in [2.75, 3.05) is 6.54 Å². The van der Waals surface area contributed by atoms with Crippen LogP contribution < -0.4 is 0 Å². The van der Waals surface area contributed by atoms with Crippen molar-refractivity contribution < 1.29 is 9.90 Å². The highest BCUT2D eigenvalue weighted by molar-refractivity contribution is 5.66. The lowest BCUT2D eigenvalue weighted by atomic mass is 10.2. The first kappa shape index (κ1) is 14.7. The third kappa shape index (κ3) is 4.49. The van der Waals surface area contributed by atoms with Crippen molar-refractivity contribution in [3.8, 4) is 0 Å². The van der Waals surface area contributed by atoms with Crippen LogP contribution in [0.4, 0.5) is 0 Å². The van der Waals surface area contributed by atoms with Gasteiger partial charge in [-0.05, 0) is 33.7 Å². The molecule has 0 amide bonds. The lowest BCUT2D eigenvalue weighted by Crippen LogP contribution is -2.31. The predicted octanol–water partition coefficient (Wildman–Crippen LogP) is 1.80. The molecule has 1 rings (SSSR count). The average Bonchev–Trinajstić information content (AvgIpc) is 2.55. The van der Waals surface area contributed by atoms with Crippen molar-refractivity contribution in [3.63, 3.8) is 0 Å². The third-order valence-corrected chi connectivity index (χ3v) is 3.05. The molecule has 0 radical (unpaired) electrons. The molecule has 0 aromatic carbocycles. The van der Waals surface area contributed by atoms with Crippen molar-refractivity contribution in [3.05, 3.63) is 17.5 Å². The van der Waals surface area contributed by atoms with Crippen molar-refractivity contribution in [2.45, 2.75) is 46.2 Å². The van der Waals surface area contributed by atoms with E-state index in [4.69, 9.17) is 5.11 Å². The van der Waals surface area contributed by atoms with E-state index in [2.05, 4.69) is 23.8 Å². The van der Waals surface area contributed by atoms with Gasteiger partial charge in [-0.3, -0.25) is 14.4 Å². The Morgan fingerprint density at radius 1 is 1.56 bits per heavy atom. The molecule has 0 atom stereocenters. The number of nitrogens with zero attached hydrogens (tertiary/aromatic N) is 3. The Bertz CT molecular complexity index is 399. The van der Waals surface area contributed by atoms with Crippen molar-refractivity contribution >= 4 is 5.97 Å². The largest absolute Gasteiger partial charge is 0.481 e. The molecule has 5 nitrogen and oxygen atoms in total. The van der Waals surface area contributed by atoms with E-state index in [-0.39, 0.29) is 6.42 Å². The molecule has 1 heterocycles. The second-order valence-electron chi connectivity index (χ2n) is 4.97. The summed E-state index contributed by atoms with van der Waals surface area (Å²) in [6, 6.07) is 0.401. The van der Waals surface area contributed by atoms with Crippen LogP contribution in [0.1, 0.15) is 37.9 Å². The summed E-state index contributed by atoms with van der Waals surface area (Å²) in [5.41, 5.74) is 2.25. The van der Waals surface area contributed by atoms with Gasteiger partial charge in [-0.25, -0.2) is 0 Å². The van der Waals surface area contributed by atoms with Crippen LogP contribution in [0.15, 0.2) is 6.20 Å². The van der Waals surface area contributed by atoms with Gasteiger partial charge < -0.3 is 5.11 Å². The Balaban J connectivity index is 2.57. The van der Waals surface area contributed by atoms with Gasteiger partial charge in [-0.2, -0.15) is 5.10 Å². The van der Waals surface area contributed by atoms with Gasteiger partial charge in [-0.1, -0.05) is 0 Å². The molecule has 1 aromatic rings. The minimum absolute atomic E-state index is 0.231. The van der Waals surface area contributed by atoms with Crippen molar-refractivity contribution in [1.82, 2.24) is 14.7 Å². The Labute approximate surface area is 108 Å². The molecule has 0 fully saturated rings. The van der Waals surface area contributed by atoms with E-state index in [1.165, 1.54) is 5.56 Å². The molecule has 0 saturated heterocycles. The molecule has 0 aliphatic rings. The zero-order chi connectivity index (χ0) is 13.7. The number of aromatic nitrogens is 2. The fourth-order valence-corrected chi connectivity index (χ4v) is 1.98. The minimum atomic E-state index is -0.726. The van der Waals surface area contributed by atoms with Crippen LogP contribution >= 0.6 is 0 Å². The summed E-state index contributed by atoms with van der Waals surface area (Å²) in [6.45, 7) is 7.90. The van der Waals surface area contributed by atoms with Gasteiger partial charge in [0.15, 0.2) is 0 Å². The maximum absolute atomic E-state index is 10.5. The van der Waals surface area contributed by atoms with E-state index in [1.807, 2.05) is 24.9 Å². The summed E-state index contributed by atoms with van der Waals surface area (Å²) in [4.78, 5) is 12.8. The number of rotatable bonds is 7. The van der Waals surface area contributed by atoms with Crippen LogP contribution in [0.2, 0.25) is 0 Å². The van der Waals surface area contributed by atoms with E-state index in [9.17, 15) is 4.79 Å². The number of carbonyl (C=O) groups is 1. The van der Waals surface area contributed by atoms with Crippen LogP contribution in [-0.2, 0) is 18.4 Å². The molecule has 0 spiro atoms. The van der Waals surface area contributed by atoms with Gasteiger partial charge in [-0.15, -0.1) is 0 Å². The van der Waals surface area contributed by atoms with E-state index in [1.54, 1.807) is 0 Å². The summed E-state index contributed by atoms with van der Waals surface area (Å²) in [5, 5.41) is 13.0. The molecule has 0 unspecified atom stereocenters. The van der Waals surface area contributed by atoms with E-state index in [0.717, 1.165) is 18.8 Å². The average molecular weight is 253 g/mol. The standard InChI is InChI=1S/C13H23N3O2/c1-10(2)16(7-5-6-13(17)18)9-12-8-15(4)14-11(12)3/h8,10H,5-7,9H2,1-4H3,(H,17,18). The van der Waals surface area contributed by atoms with Gasteiger partial charge in [0, 0.05) is 37.8 Å². The van der Waals surface area contributed by atoms with E-state index < -0.39 is 5.97 Å². The Kier molecular flexibility index (Phi) is 5.34. The Hall–Kier alpha value is -1.36. The van der Waals surface area contributed by atoms with Crippen LogP contribution in [0.25, 0.3) is 0 Å². The first-order chi connectivity index (χ1) is 8.40. The van der Waals surface area contributed by atoms with Crippen LogP contribution in [0, 0.1) is 6.92 Å². The van der Waals surface area contributed by atoms with Gasteiger partial charge in [0.05, 0.1) is 5.69 Å². The predicted molar refractivity (Wildman–Crippen MR) is 70.4 cm³/mol. The number of hydrogen-bond donors (Lipinski definition) is 1. The number of aliphatic carboxylic acids is 1. The third-order valence-electron chi connectivity index (χ3n) is 3.05. The van der Waals surface area contributed by atoms with Crippen molar-refractivity contribution in [2.24, 2.45) is 7.05 Å². The zero-order valence-corrected chi connectivity index (χ0v) is 11.7.